The lowest BCUT2D eigenvalue weighted by Gasteiger charge is -2.40. The van der Waals surface area contributed by atoms with Crippen LogP contribution in [0.15, 0.2) is 0 Å². The summed E-state index contributed by atoms with van der Waals surface area (Å²) in [6.07, 6.45) is 9.90. The fourth-order valence-corrected chi connectivity index (χ4v) is 4.16. The number of piperidine rings is 1. The zero-order valence-corrected chi connectivity index (χ0v) is 10.9. The highest BCUT2D eigenvalue weighted by Gasteiger charge is 2.39. The van der Waals surface area contributed by atoms with Gasteiger partial charge in [0.25, 0.3) is 0 Å². The Morgan fingerprint density at radius 1 is 1.00 bits per heavy atom. The molecule has 0 amide bonds. The molecule has 0 aromatic carbocycles. The first kappa shape index (κ1) is 11.9. The van der Waals surface area contributed by atoms with Gasteiger partial charge in [-0.25, -0.2) is 0 Å². The Morgan fingerprint density at radius 2 is 1.65 bits per heavy atom. The van der Waals surface area contributed by atoms with E-state index in [1.54, 1.807) is 0 Å². The molecule has 0 aromatic heterocycles. The molecule has 17 heavy (non-hydrogen) atoms. The van der Waals surface area contributed by atoms with Crippen LogP contribution in [0.2, 0.25) is 0 Å². The maximum Gasteiger partial charge on any atom is 0.0693 e. The molecular formula is C14H26N2O. The molecule has 1 aliphatic carbocycles. The van der Waals surface area contributed by atoms with Crippen molar-refractivity contribution in [3.05, 3.63) is 0 Å². The molecule has 4 unspecified atom stereocenters. The molecule has 98 valence electrons. The van der Waals surface area contributed by atoms with Crippen molar-refractivity contribution >= 4 is 0 Å². The first-order chi connectivity index (χ1) is 8.24. The average molecular weight is 238 g/mol. The molecule has 2 saturated heterocycles. The van der Waals surface area contributed by atoms with Gasteiger partial charge in [-0.3, -0.25) is 0 Å². The van der Waals surface area contributed by atoms with Crippen molar-refractivity contribution in [1.29, 1.82) is 0 Å². The largest absolute Gasteiger partial charge is 0.392 e. The van der Waals surface area contributed by atoms with Crippen LogP contribution in [-0.4, -0.2) is 47.3 Å². The van der Waals surface area contributed by atoms with E-state index in [0.29, 0.717) is 12.1 Å². The Balaban J connectivity index is 1.56. The smallest absolute Gasteiger partial charge is 0.0693 e. The number of nitrogens with one attached hydrogen (secondary N) is 1. The summed E-state index contributed by atoms with van der Waals surface area (Å²) in [5.74, 6) is 0. The van der Waals surface area contributed by atoms with Crippen molar-refractivity contribution in [2.24, 2.45) is 0 Å². The Hall–Kier alpha value is -0.120. The number of hydrogen-bond donors (Lipinski definition) is 2. The summed E-state index contributed by atoms with van der Waals surface area (Å²) in [5, 5.41) is 13.8. The molecule has 3 fully saturated rings. The number of hydrogen-bond acceptors (Lipinski definition) is 3. The third-order valence-corrected chi connectivity index (χ3v) is 5.28. The predicted octanol–water partition coefficient (Wildman–Crippen LogP) is 1.50. The summed E-state index contributed by atoms with van der Waals surface area (Å²) < 4.78 is 0. The van der Waals surface area contributed by atoms with Gasteiger partial charge >= 0.3 is 0 Å². The summed E-state index contributed by atoms with van der Waals surface area (Å²) >= 11 is 0. The van der Waals surface area contributed by atoms with Gasteiger partial charge in [0.2, 0.25) is 0 Å². The molecule has 2 heterocycles. The van der Waals surface area contributed by atoms with Crippen molar-refractivity contribution < 1.29 is 5.11 Å². The van der Waals surface area contributed by atoms with Gasteiger partial charge in [-0.05, 0) is 45.6 Å². The van der Waals surface area contributed by atoms with E-state index in [9.17, 15) is 5.11 Å². The molecule has 1 saturated carbocycles. The molecular weight excluding hydrogens is 212 g/mol. The van der Waals surface area contributed by atoms with Crippen molar-refractivity contribution in [2.75, 3.05) is 7.05 Å². The highest BCUT2D eigenvalue weighted by molar-refractivity contribution is 4.97. The van der Waals surface area contributed by atoms with Gasteiger partial charge in [-0.2, -0.15) is 0 Å². The van der Waals surface area contributed by atoms with Gasteiger partial charge in [0.05, 0.1) is 6.10 Å². The van der Waals surface area contributed by atoms with Crippen molar-refractivity contribution in [2.45, 2.75) is 81.6 Å². The predicted molar refractivity (Wildman–Crippen MR) is 69.0 cm³/mol. The van der Waals surface area contributed by atoms with Crippen LogP contribution in [0, 0.1) is 0 Å². The average Bonchev–Trinajstić information content (AvgIpc) is 2.55. The summed E-state index contributed by atoms with van der Waals surface area (Å²) in [7, 11) is 2.29. The minimum atomic E-state index is -0.0962. The third kappa shape index (κ3) is 2.38. The second-order valence-corrected chi connectivity index (χ2v) is 6.34. The fourth-order valence-electron chi connectivity index (χ4n) is 4.16. The molecule has 2 bridgehead atoms. The van der Waals surface area contributed by atoms with E-state index in [0.717, 1.165) is 18.5 Å². The van der Waals surface area contributed by atoms with Crippen LogP contribution >= 0.6 is 0 Å². The molecule has 3 rings (SSSR count). The number of fused-ring (bicyclic) bond motifs is 2. The van der Waals surface area contributed by atoms with E-state index in [2.05, 4.69) is 17.3 Å². The van der Waals surface area contributed by atoms with E-state index < -0.39 is 0 Å². The Kier molecular flexibility index (Phi) is 3.42. The van der Waals surface area contributed by atoms with Crippen LogP contribution in [0.5, 0.6) is 0 Å². The lowest BCUT2D eigenvalue weighted by Crippen LogP contribution is -2.53. The molecule has 3 heteroatoms. The van der Waals surface area contributed by atoms with E-state index in [1.807, 2.05) is 0 Å². The number of aliphatic hydroxyl groups excluding tert-OH is 1. The molecule has 2 N–H and O–H groups in total. The van der Waals surface area contributed by atoms with Gasteiger partial charge in [0, 0.05) is 24.2 Å². The summed E-state index contributed by atoms with van der Waals surface area (Å²) in [4.78, 5) is 2.58. The van der Waals surface area contributed by atoms with Crippen LogP contribution in [0.25, 0.3) is 0 Å². The minimum Gasteiger partial charge on any atom is -0.392 e. The summed E-state index contributed by atoms with van der Waals surface area (Å²) in [6, 6.07) is 2.62. The quantitative estimate of drug-likeness (QED) is 0.765. The van der Waals surface area contributed by atoms with Gasteiger partial charge in [0.1, 0.15) is 0 Å². The van der Waals surface area contributed by atoms with Crippen molar-refractivity contribution in [3.63, 3.8) is 0 Å². The minimum absolute atomic E-state index is 0.0962. The maximum absolute atomic E-state index is 10.0. The Morgan fingerprint density at radius 3 is 2.29 bits per heavy atom. The molecule has 3 nitrogen and oxygen atoms in total. The monoisotopic (exact) mass is 238 g/mol. The van der Waals surface area contributed by atoms with Crippen molar-refractivity contribution in [1.82, 2.24) is 10.2 Å². The summed E-state index contributed by atoms with van der Waals surface area (Å²) in [6.45, 7) is 0. The normalized spacial score (nSPS) is 47.3. The second-order valence-electron chi connectivity index (χ2n) is 6.34. The van der Waals surface area contributed by atoms with Crippen LogP contribution in [0.3, 0.4) is 0 Å². The van der Waals surface area contributed by atoms with Gasteiger partial charge in [0.15, 0.2) is 0 Å². The maximum atomic E-state index is 10.0. The number of aliphatic hydroxyl groups is 1. The van der Waals surface area contributed by atoms with Crippen molar-refractivity contribution in [3.8, 4) is 0 Å². The highest BCUT2D eigenvalue weighted by Crippen LogP contribution is 2.34. The van der Waals surface area contributed by atoms with E-state index in [-0.39, 0.29) is 6.10 Å². The zero-order chi connectivity index (χ0) is 11.8. The number of rotatable bonds is 2. The molecule has 4 atom stereocenters. The second kappa shape index (κ2) is 4.87. The third-order valence-electron chi connectivity index (χ3n) is 5.28. The van der Waals surface area contributed by atoms with Gasteiger partial charge in [-0.1, -0.05) is 12.8 Å². The van der Waals surface area contributed by atoms with Crippen LogP contribution in [-0.2, 0) is 0 Å². The van der Waals surface area contributed by atoms with E-state index >= 15 is 0 Å². The SMILES string of the molecule is CN1C2CCC1CC(NC1CCCCC1O)C2. The molecule has 0 aromatic rings. The van der Waals surface area contributed by atoms with Gasteiger partial charge < -0.3 is 15.3 Å². The van der Waals surface area contributed by atoms with Gasteiger partial charge in [-0.15, -0.1) is 0 Å². The lowest BCUT2D eigenvalue weighted by molar-refractivity contribution is 0.0691. The molecule has 3 aliphatic rings. The molecule has 2 aliphatic heterocycles. The van der Waals surface area contributed by atoms with E-state index in [1.165, 1.54) is 44.9 Å². The fraction of sp³-hybridized carbons (Fsp3) is 1.00. The van der Waals surface area contributed by atoms with E-state index in [4.69, 9.17) is 0 Å². The zero-order valence-electron chi connectivity index (χ0n) is 10.9. The highest BCUT2D eigenvalue weighted by atomic mass is 16.3. The van der Waals surface area contributed by atoms with Crippen LogP contribution in [0.4, 0.5) is 0 Å². The number of nitrogens with zero attached hydrogens (tertiary/aromatic N) is 1. The molecule has 0 spiro atoms. The Labute approximate surface area is 105 Å². The molecule has 0 radical (unpaired) electrons. The topological polar surface area (TPSA) is 35.5 Å². The first-order valence-electron chi connectivity index (χ1n) is 7.40. The first-order valence-corrected chi connectivity index (χ1v) is 7.40. The summed E-state index contributed by atoms with van der Waals surface area (Å²) in [5.41, 5.74) is 0. The lowest BCUT2D eigenvalue weighted by atomic mass is 9.90. The van der Waals surface area contributed by atoms with Crippen LogP contribution < -0.4 is 5.32 Å². The van der Waals surface area contributed by atoms with Crippen LogP contribution in [0.1, 0.15) is 51.4 Å². The Bertz CT molecular complexity index is 257. The standard InChI is InChI=1S/C14H26N2O/c1-16-11-6-7-12(16)9-10(8-11)15-13-4-2-3-5-14(13)17/h10-15,17H,2-9H2,1H3.